The van der Waals surface area contributed by atoms with Gasteiger partial charge in [0.15, 0.2) is 10.6 Å². The van der Waals surface area contributed by atoms with Crippen LogP contribution in [-0.4, -0.2) is 36.3 Å². The average Bonchev–Trinajstić information content (AvgIpc) is 3.55. The van der Waals surface area contributed by atoms with Crippen molar-refractivity contribution in [2.24, 2.45) is 7.05 Å². The Bertz CT molecular complexity index is 1440. The molecule has 1 unspecified atom stereocenters. The summed E-state index contributed by atoms with van der Waals surface area (Å²) in [7, 11) is 1.87. The fraction of sp³-hybridized carbons (Fsp3) is 0.300. The zero-order valence-electron chi connectivity index (χ0n) is 22.4. The van der Waals surface area contributed by atoms with Gasteiger partial charge in [0, 0.05) is 48.8 Å². The van der Waals surface area contributed by atoms with Gasteiger partial charge in [-0.15, -0.1) is 0 Å². The fourth-order valence-electron chi connectivity index (χ4n) is 4.81. The SMILES string of the molecule is CCCn1cncc1C[S+]([O-])c1ccc(N(Cc2cnn(C)c2)C(=O)/C2=C/c3ccccc3NCCC2)cc1. The van der Waals surface area contributed by atoms with Gasteiger partial charge in [-0.1, -0.05) is 25.1 Å². The number of carbonyl (C=O) groups is 1. The summed E-state index contributed by atoms with van der Waals surface area (Å²) >= 11 is -1.22. The smallest absolute Gasteiger partial charge is 0.254 e. The highest BCUT2D eigenvalue weighted by atomic mass is 32.2. The zero-order valence-corrected chi connectivity index (χ0v) is 23.2. The van der Waals surface area contributed by atoms with Gasteiger partial charge in [0.05, 0.1) is 31.0 Å². The Morgan fingerprint density at radius 3 is 2.74 bits per heavy atom. The van der Waals surface area contributed by atoms with Crippen LogP contribution in [0.25, 0.3) is 6.08 Å². The summed E-state index contributed by atoms with van der Waals surface area (Å²) in [5.41, 5.74) is 5.47. The number of anilines is 2. The van der Waals surface area contributed by atoms with Gasteiger partial charge in [-0.2, -0.15) is 5.10 Å². The Labute approximate surface area is 232 Å². The van der Waals surface area contributed by atoms with Crippen molar-refractivity contribution in [2.75, 3.05) is 16.8 Å². The highest BCUT2D eigenvalue weighted by Gasteiger charge is 2.23. The summed E-state index contributed by atoms with van der Waals surface area (Å²) in [5.74, 6) is 0.366. The molecule has 2 aromatic carbocycles. The number of para-hydroxylation sites is 1. The maximum absolute atomic E-state index is 14.1. The summed E-state index contributed by atoms with van der Waals surface area (Å²) in [6.07, 6.45) is 11.8. The molecule has 1 amide bonds. The molecule has 39 heavy (non-hydrogen) atoms. The van der Waals surface area contributed by atoms with Crippen molar-refractivity contribution in [3.63, 3.8) is 0 Å². The lowest BCUT2D eigenvalue weighted by molar-refractivity contribution is -0.115. The van der Waals surface area contributed by atoms with Gasteiger partial charge in [-0.3, -0.25) is 9.48 Å². The number of benzene rings is 2. The third kappa shape index (κ3) is 6.43. The van der Waals surface area contributed by atoms with Gasteiger partial charge in [0.2, 0.25) is 0 Å². The van der Waals surface area contributed by atoms with E-state index in [1.807, 2.05) is 67.9 Å². The Morgan fingerprint density at radius 1 is 1.15 bits per heavy atom. The first-order valence-corrected chi connectivity index (χ1v) is 14.6. The van der Waals surface area contributed by atoms with Gasteiger partial charge < -0.3 is 19.3 Å². The van der Waals surface area contributed by atoms with Crippen molar-refractivity contribution in [3.8, 4) is 0 Å². The van der Waals surface area contributed by atoms with Gasteiger partial charge in [0.25, 0.3) is 5.91 Å². The molecule has 2 aromatic heterocycles. The van der Waals surface area contributed by atoms with E-state index < -0.39 is 11.2 Å². The highest BCUT2D eigenvalue weighted by molar-refractivity contribution is 7.90. The summed E-state index contributed by atoms with van der Waals surface area (Å²) in [6, 6.07) is 15.6. The van der Waals surface area contributed by atoms with Crippen LogP contribution in [0.15, 0.2) is 83.9 Å². The van der Waals surface area contributed by atoms with Crippen molar-refractivity contribution in [3.05, 3.63) is 95.8 Å². The molecular formula is C30H34N6O2S. The minimum Gasteiger partial charge on any atom is -0.611 e. The van der Waals surface area contributed by atoms with Crippen LogP contribution in [-0.2, 0) is 41.9 Å². The number of hydrogen-bond donors (Lipinski definition) is 1. The quantitative estimate of drug-likeness (QED) is 0.295. The third-order valence-electron chi connectivity index (χ3n) is 6.80. The molecule has 1 N–H and O–H groups in total. The van der Waals surface area contributed by atoms with Crippen LogP contribution in [0.2, 0.25) is 0 Å². The molecule has 9 heteroatoms. The van der Waals surface area contributed by atoms with Crippen LogP contribution < -0.4 is 10.2 Å². The van der Waals surface area contributed by atoms with E-state index in [9.17, 15) is 9.35 Å². The lowest BCUT2D eigenvalue weighted by Crippen LogP contribution is -2.32. The molecule has 0 fully saturated rings. The number of aromatic nitrogens is 4. The Morgan fingerprint density at radius 2 is 1.97 bits per heavy atom. The molecule has 4 aromatic rings. The number of carbonyl (C=O) groups excluding carboxylic acids is 1. The van der Waals surface area contributed by atoms with Crippen LogP contribution in [0, 0.1) is 0 Å². The van der Waals surface area contributed by atoms with Crippen LogP contribution in [0.5, 0.6) is 0 Å². The van der Waals surface area contributed by atoms with Gasteiger partial charge >= 0.3 is 0 Å². The third-order valence-corrected chi connectivity index (χ3v) is 8.16. The molecule has 0 bridgehead atoms. The first-order chi connectivity index (χ1) is 19.0. The maximum atomic E-state index is 14.1. The molecule has 0 radical (unpaired) electrons. The van der Waals surface area contributed by atoms with Crippen molar-refractivity contribution in [1.29, 1.82) is 0 Å². The fourth-order valence-corrected chi connectivity index (χ4v) is 5.93. The molecule has 202 valence electrons. The van der Waals surface area contributed by atoms with E-state index in [0.29, 0.717) is 18.7 Å². The number of hydrogen-bond acceptors (Lipinski definition) is 5. The molecule has 5 rings (SSSR count). The maximum Gasteiger partial charge on any atom is 0.254 e. The zero-order chi connectivity index (χ0) is 27.2. The highest BCUT2D eigenvalue weighted by Crippen LogP contribution is 2.28. The van der Waals surface area contributed by atoms with Gasteiger partial charge in [-0.05, 0) is 72.4 Å². The van der Waals surface area contributed by atoms with Crippen molar-refractivity contribution >= 4 is 34.5 Å². The molecule has 0 spiro atoms. The molecule has 1 aliphatic heterocycles. The number of aryl methyl sites for hydroxylation is 2. The first-order valence-electron chi connectivity index (χ1n) is 13.3. The van der Waals surface area contributed by atoms with E-state index in [4.69, 9.17) is 0 Å². The van der Waals surface area contributed by atoms with Gasteiger partial charge in [0.1, 0.15) is 0 Å². The Balaban J connectivity index is 1.42. The van der Waals surface area contributed by atoms with Crippen LogP contribution >= 0.6 is 0 Å². The first kappa shape index (κ1) is 26.8. The molecule has 0 saturated carbocycles. The number of imidazole rings is 1. The number of rotatable bonds is 9. The van der Waals surface area contributed by atoms with Crippen molar-refractivity contribution in [2.45, 2.75) is 49.9 Å². The lowest BCUT2D eigenvalue weighted by atomic mass is 10.0. The van der Waals surface area contributed by atoms with Gasteiger partial charge in [-0.25, -0.2) is 4.98 Å². The van der Waals surface area contributed by atoms with Crippen molar-refractivity contribution in [1.82, 2.24) is 19.3 Å². The number of nitrogens with one attached hydrogen (secondary N) is 1. The summed E-state index contributed by atoms with van der Waals surface area (Å²) in [5, 5.41) is 7.75. The molecule has 0 aliphatic carbocycles. The average molecular weight is 543 g/mol. The van der Waals surface area contributed by atoms with E-state index in [1.165, 1.54) is 0 Å². The molecule has 1 atom stereocenters. The van der Waals surface area contributed by atoms with E-state index in [0.717, 1.165) is 64.6 Å². The van der Waals surface area contributed by atoms with E-state index in [-0.39, 0.29) is 5.91 Å². The predicted octanol–water partition coefficient (Wildman–Crippen LogP) is 5.16. The monoisotopic (exact) mass is 542 g/mol. The molecule has 1 aliphatic rings. The van der Waals surface area contributed by atoms with E-state index in [2.05, 4.69) is 26.9 Å². The minimum absolute atomic E-state index is 0.0344. The summed E-state index contributed by atoms with van der Waals surface area (Å²) < 4.78 is 17.0. The second-order valence-electron chi connectivity index (χ2n) is 9.76. The summed E-state index contributed by atoms with van der Waals surface area (Å²) in [6.45, 7) is 4.16. The van der Waals surface area contributed by atoms with Crippen LogP contribution in [0.3, 0.4) is 0 Å². The van der Waals surface area contributed by atoms with E-state index >= 15 is 0 Å². The topological polar surface area (TPSA) is 91.0 Å². The largest absolute Gasteiger partial charge is 0.611 e. The van der Waals surface area contributed by atoms with Crippen molar-refractivity contribution < 1.29 is 9.35 Å². The number of fused-ring (bicyclic) bond motifs is 1. The molecule has 0 saturated heterocycles. The second kappa shape index (κ2) is 12.4. The standard InChI is InChI=1S/C30H34N6O2S/c1-3-15-35-22-31-18-27(35)21-39(38)28-12-10-26(11-13-28)36(20-23-17-33-34(2)19-23)30(37)25-8-6-14-32-29-9-5-4-7-24(29)16-25/h4-5,7,9-13,16-19,22,32H,3,6,8,14-15,20-21H2,1-2H3/b25-16+. The normalized spacial score (nSPS) is 15.3. The van der Waals surface area contributed by atoms with Crippen LogP contribution in [0.1, 0.15) is 43.0 Å². The number of nitrogens with zero attached hydrogens (tertiary/aromatic N) is 5. The molecular weight excluding hydrogens is 508 g/mol. The second-order valence-corrected chi connectivity index (χ2v) is 11.2. The van der Waals surface area contributed by atoms with Crippen LogP contribution in [0.4, 0.5) is 11.4 Å². The predicted molar refractivity (Wildman–Crippen MR) is 156 cm³/mol. The summed E-state index contributed by atoms with van der Waals surface area (Å²) in [4.78, 5) is 20.8. The lowest BCUT2D eigenvalue weighted by Gasteiger charge is -2.25. The minimum atomic E-state index is -1.22. The van der Waals surface area contributed by atoms with E-state index in [1.54, 1.807) is 28.3 Å². The Hall–Kier alpha value is -3.82. The Kier molecular flexibility index (Phi) is 8.48. The molecule has 3 heterocycles. The molecule has 8 nitrogen and oxygen atoms in total. The number of amides is 1.